The largest absolute Gasteiger partial charge is 0.506 e. The fourth-order valence-corrected chi connectivity index (χ4v) is 1.82. The molecule has 2 rings (SSSR count). The zero-order chi connectivity index (χ0) is 17.5. The van der Waals surface area contributed by atoms with Crippen LogP contribution in [0.1, 0.15) is 10.4 Å². The summed E-state index contributed by atoms with van der Waals surface area (Å²) in [6.07, 6.45) is 1.16. The van der Waals surface area contributed by atoms with E-state index in [1.807, 2.05) is 0 Å². The Hall–Kier alpha value is -3.79. The number of hydrogen-bond donors (Lipinski definition) is 4. The fourth-order valence-electron chi connectivity index (χ4n) is 1.82. The number of aromatic carboxylic acids is 1. The first-order chi connectivity index (χ1) is 11.5. The molecule has 0 saturated carbocycles. The van der Waals surface area contributed by atoms with Crippen molar-refractivity contribution >= 4 is 23.3 Å². The number of nitrogens with one attached hydrogen (secondary N) is 2. The molecule has 120 valence electrons. The Morgan fingerprint density at radius 3 is 2.54 bits per heavy atom. The fraction of sp³-hybridized carbons (Fsp3) is 0. The van der Waals surface area contributed by atoms with Crippen molar-refractivity contribution in [3.05, 3.63) is 65.9 Å². The highest BCUT2D eigenvalue weighted by molar-refractivity contribution is 6.07. The number of carboxylic acids is 1. The predicted octanol–water partition coefficient (Wildman–Crippen LogP) is 2.55. The maximum atomic E-state index is 12.0. The Kier molecular flexibility index (Phi) is 5.16. The van der Waals surface area contributed by atoms with Crippen molar-refractivity contribution in [2.24, 2.45) is 0 Å². The molecule has 2 aromatic carbocycles. The molecule has 0 radical (unpaired) electrons. The van der Waals surface area contributed by atoms with E-state index in [0.717, 1.165) is 6.20 Å². The first kappa shape index (κ1) is 16.6. The van der Waals surface area contributed by atoms with Crippen LogP contribution in [0.5, 0.6) is 5.75 Å². The van der Waals surface area contributed by atoms with Crippen molar-refractivity contribution in [2.75, 3.05) is 10.6 Å². The topological polar surface area (TPSA) is 122 Å². The van der Waals surface area contributed by atoms with Gasteiger partial charge in [-0.3, -0.25) is 4.79 Å². The molecule has 24 heavy (non-hydrogen) atoms. The Balaban J connectivity index is 2.13. The molecule has 0 heterocycles. The van der Waals surface area contributed by atoms with E-state index in [1.165, 1.54) is 30.3 Å². The SMILES string of the molecule is N#C/C(=C/Nc1cccc(C(=O)O)c1)C(=O)Nc1ccccc1O. The molecule has 0 aliphatic heterocycles. The number of aromatic hydroxyl groups is 1. The van der Waals surface area contributed by atoms with Crippen LogP contribution < -0.4 is 10.6 Å². The third-order valence-corrected chi connectivity index (χ3v) is 3.01. The van der Waals surface area contributed by atoms with Crippen LogP contribution in [0.3, 0.4) is 0 Å². The number of rotatable bonds is 5. The number of benzene rings is 2. The van der Waals surface area contributed by atoms with Crippen LogP contribution in [-0.4, -0.2) is 22.1 Å². The first-order valence-electron chi connectivity index (χ1n) is 6.81. The minimum atomic E-state index is -1.08. The summed E-state index contributed by atoms with van der Waals surface area (Å²) in [5, 5.41) is 32.7. The lowest BCUT2D eigenvalue weighted by Gasteiger charge is -2.07. The number of carbonyl (C=O) groups excluding carboxylic acids is 1. The van der Waals surface area contributed by atoms with Crippen LogP contribution >= 0.6 is 0 Å². The second kappa shape index (κ2) is 7.47. The van der Waals surface area contributed by atoms with Crippen LogP contribution in [0, 0.1) is 11.3 Å². The van der Waals surface area contributed by atoms with Gasteiger partial charge < -0.3 is 20.8 Å². The minimum Gasteiger partial charge on any atom is -0.506 e. The third kappa shape index (κ3) is 4.11. The van der Waals surface area contributed by atoms with Crippen molar-refractivity contribution in [1.29, 1.82) is 5.26 Å². The summed E-state index contributed by atoms with van der Waals surface area (Å²) in [6.45, 7) is 0. The first-order valence-corrected chi connectivity index (χ1v) is 6.81. The van der Waals surface area contributed by atoms with E-state index >= 15 is 0 Å². The average Bonchev–Trinajstić information content (AvgIpc) is 2.57. The van der Waals surface area contributed by atoms with E-state index in [9.17, 15) is 14.7 Å². The normalized spacial score (nSPS) is 10.5. The molecule has 0 bridgehead atoms. The van der Waals surface area contributed by atoms with Gasteiger partial charge in [0.25, 0.3) is 5.91 Å². The van der Waals surface area contributed by atoms with Gasteiger partial charge in [-0.05, 0) is 30.3 Å². The molecular formula is C17H13N3O4. The van der Waals surface area contributed by atoms with Crippen molar-refractivity contribution in [3.8, 4) is 11.8 Å². The number of carbonyl (C=O) groups is 2. The number of phenolic OH excluding ortho intramolecular Hbond substituents is 1. The summed E-state index contributed by atoms with van der Waals surface area (Å²) in [5.41, 5.74) is 0.430. The zero-order valence-corrected chi connectivity index (χ0v) is 12.4. The number of carboxylic acid groups (broad SMARTS) is 1. The van der Waals surface area contributed by atoms with E-state index in [-0.39, 0.29) is 22.6 Å². The van der Waals surface area contributed by atoms with Gasteiger partial charge in [0, 0.05) is 11.9 Å². The zero-order valence-electron chi connectivity index (χ0n) is 12.4. The van der Waals surface area contributed by atoms with Crippen LogP contribution in [0.15, 0.2) is 60.3 Å². The van der Waals surface area contributed by atoms with Crippen molar-refractivity contribution in [3.63, 3.8) is 0 Å². The molecule has 1 amide bonds. The Morgan fingerprint density at radius 2 is 1.88 bits per heavy atom. The molecular weight excluding hydrogens is 310 g/mol. The number of phenols is 1. The van der Waals surface area contributed by atoms with E-state index in [2.05, 4.69) is 10.6 Å². The average molecular weight is 323 g/mol. The Labute approximate surface area is 137 Å². The molecule has 7 nitrogen and oxygen atoms in total. The molecule has 2 aromatic rings. The lowest BCUT2D eigenvalue weighted by molar-refractivity contribution is -0.112. The number of anilines is 2. The van der Waals surface area contributed by atoms with Crippen molar-refractivity contribution in [1.82, 2.24) is 0 Å². The van der Waals surface area contributed by atoms with Gasteiger partial charge in [-0.1, -0.05) is 18.2 Å². The molecule has 0 aliphatic carbocycles. The Bertz CT molecular complexity index is 853. The van der Waals surface area contributed by atoms with Gasteiger partial charge >= 0.3 is 5.97 Å². The molecule has 0 fully saturated rings. The van der Waals surface area contributed by atoms with Crippen LogP contribution in [0.25, 0.3) is 0 Å². The Morgan fingerprint density at radius 1 is 1.12 bits per heavy atom. The van der Waals surface area contributed by atoms with Gasteiger partial charge in [-0.15, -0.1) is 0 Å². The highest BCUT2D eigenvalue weighted by Crippen LogP contribution is 2.22. The number of para-hydroxylation sites is 2. The van der Waals surface area contributed by atoms with Crippen LogP contribution in [0.4, 0.5) is 11.4 Å². The van der Waals surface area contributed by atoms with Crippen molar-refractivity contribution in [2.45, 2.75) is 0 Å². The summed E-state index contributed by atoms with van der Waals surface area (Å²) in [7, 11) is 0. The molecule has 0 atom stereocenters. The van der Waals surface area contributed by atoms with Crippen LogP contribution in [-0.2, 0) is 4.79 Å². The van der Waals surface area contributed by atoms with Crippen molar-refractivity contribution < 1.29 is 19.8 Å². The summed E-state index contributed by atoms with van der Waals surface area (Å²) in [6, 6.07) is 13.8. The molecule has 0 aliphatic rings. The van der Waals surface area contributed by atoms with Gasteiger partial charge in [0.15, 0.2) is 0 Å². The predicted molar refractivity (Wildman–Crippen MR) is 87.5 cm³/mol. The summed E-state index contributed by atoms with van der Waals surface area (Å²) in [4.78, 5) is 23.0. The second-order valence-corrected chi connectivity index (χ2v) is 4.67. The van der Waals surface area contributed by atoms with Gasteiger partial charge in [0.1, 0.15) is 17.4 Å². The van der Waals surface area contributed by atoms with E-state index < -0.39 is 11.9 Å². The molecule has 7 heteroatoms. The molecule has 0 unspecified atom stereocenters. The molecule has 0 spiro atoms. The summed E-state index contributed by atoms with van der Waals surface area (Å²) < 4.78 is 0. The highest BCUT2D eigenvalue weighted by Gasteiger charge is 2.11. The maximum Gasteiger partial charge on any atom is 0.335 e. The highest BCUT2D eigenvalue weighted by atomic mass is 16.4. The van der Waals surface area contributed by atoms with E-state index in [4.69, 9.17) is 10.4 Å². The number of amides is 1. The molecule has 0 aromatic heterocycles. The second-order valence-electron chi connectivity index (χ2n) is 4.67. The summed E-state index contributed by atoms with van der Waals surface area (Å²) in [5.74, 6) is -1.91. The van der Waals surface area contributed by atoms with E-state index in [1.54, 1.807) is 24.3 Å². The van der Waals surface area contributed by atoms with Gasteiger partial charge in [0.05, 0.1) is 11.3 Å². The minimum absolute atomic E-state index is 0.0746. The molecule has 4 N–H and O–H groups in total. The lowest BCUT2D eigenvalue weighted by atomic mass is 10.2. The molecule has 0 saturated heterocycles. The maximum absolute atomic E-state index is 12.0. The monoisotopic (exact) mass is 323 g/mol. The number of nitriles is 1. The smallest absolute Gasteiger partial charge is 0.335 e. The number of hydrogen-bond acceptors (Lipinski definition) is 5. The lowest BCUT2D eigenvalue weighted by Crippen LogP contribution is -2.14. The summed E-state index contributed by atoms with van der Waals surface area (Å²) >= 11 is 0. The quantitative estimate of drug-likeness (QED) is 0.381. The number of nitrogens with zero attached hydrogens (tertiary/aromatic N) is 1. The third-order valence-electron chi connectivity index (χ3n) is 3.01. The standard InChI is InChI=1S/C17H13N3O4/c18-9-12(16(22)20-14-6-1-2-7-15(14)21)10-19-13-5-3-4-11(8-13)17(23)24/h1-8,10,19,21H,(H,20,22)(H,23,24)/b12-10-. The van der Waals surface area contributed by atoms with Crippen LogP contribution in [0.2, 0.25) is 0 Å². The van der Waals surface area contributed by atoms with E-state index in [0.29, 0.717) is 5.69 Å². The van der Waals surface area contributed by atoms with Gasteiger partial charge in [-0.2, -0.15) is 5.26 Å². The van der Waals surface area contributed by atoms with Gasteiger partial charge in [0.2, 0.25) is 0 Å². The van der Waals surface area contributed by atoms with Gasteiger partial charge in [-0.25, -0.2) is 4.79 Å².